The maximum absolute atomic E-state index is 12.8. The minimum atomic E-state index is -0.533. The van der Waals surface area contributed by atoms with Gasteiger partial charge in [-0.1, -0.05) is 6.07 Å². The molecular formula is C16H23N3O3. The van der Waals surface area contributed by atoms with Gasteiger partial charge in [-0.3, -0.25) is 9.59 Å². The average molecular weight is 305 g/mol. The van der Waals surface area contributed by atoms with Gasteiger partial charge >= 0.3 is 0 Å². The number of ether oxygens (including phenoxy) is 1. The fraction of sp³-hybridized carbons (Fsp3) is 0.500. The third-order valence-corrected chi connectivity index (χ3v) is 4.23. The molecular weight excluding hydrogens is 282 g/mol. The third-order valence-electron chi connectivity index (χ3n) is 4.23. The Bertz CT molecular complexity index is 560. The molecule has 0 unspecified atom stereocenters. The molecule has 1 aromatic rings. The normalized spacial score (nSPS) is 17.0. The zero-order valence-corrected chi connectivity index (χ0v) is 13.1. The van der Waals surface area contributed by atoms with Crippen molar-refractivity contribution in [2.75, 3.05) is 32.1 Å². The molecule has 0 atom stereocenters. The van der Waals surface area contributed by atoms with E-state index in [2.05, 4.69) is 10.6 Å². The highest BCUT2D eigenvalue weighted by atomic mass is 16.5. The maximum Gasteiger partial charge on any atom is 0.248 e. The molecule has 0 aliphatic carbocycles. The van der Waals surface area contributed by atoms with Gasteiger partial charge in [-0.25, -0.2) is 0 Å². The van der Waals surface area contributed by atoms with Gasteiger partial charge in [0.15, 0.2) is 0 Å². The van der Waals surface area contributed by atoms with E-state index in [0.29, 0.717) is 17.9 Å². The molecule has 1 aromatic carbocycles. The number of nitrogens with one attached hydrogen (secondary N) is 2. The van der Waals surface area contributed by atoms with Crippen LogP contribution in [0.5, 0.6) is 0 Å². The van der Waals surface area contributed by atoms with Crippen molar-refractivity contribution in [1.82, 2.24) is 5.32 Å². The number of methoxy groups -OCH3 is 1. The van der Waals surface area contributed by atoms with Crippen molar-refractivity contribution < 1.29 is 14.3 Å². The van der Waals surface area contributed by atoms with Crippen molar-refractivity contribution in [3.63, 3.8) is 0 Å². The molecule has 0 bridgehead atoms. The number of carbonyl (C=O) groups is 2. The standard InChI is InChI=1S/C16H23N3O3/c1-11-3-4-12(14(17)20)9-13(11)19-15(21)16(10-22-2)5-7-18-8-6-16/h3-4,9,18H,5-8,10H2,1-2H3,(H2,17,20)(H,19,21). The number of primary amides is 1. The number of benzene rings is 1. The van der Waals surface area contributed by atoms with Crippen LogP contribution >= 0.6 is 0 Å². The van der Waals surface area contributed by atoms with Crippen LogP contribution < -0.4 is 16.4 Å². The van der Waals surface area contributed by atoms with Crippen LogP contribution in [0.1, 0.15) is 28.8 Å². The minimum absolute atomic E-state index is 0.0689. The van der Waals surface area contributed by atoms with E-state index in [1.54, 1.807) is 25.3 Å². The molecule has 6 heteroatoms. The van der Waals surface area contributed by atoms with Crippen LogP contribution in [0, 0.1) is 12.3 Å². The second-order valence-electron chi connectivity index (χ2n) is 5.81. The lowest BCUT2D eigenvalue weighted by Gasteiger charge is -2.35. The van der Waals surface area contributed by atoms with Crippen molar-refractivity contribution in [3.05, 3.63) is 29.3 Å². The highest BCUT2D eigenvalue weighted by Crippen LogP contribution is 2.31. The van der Waals surface area contributed by atoms with Gasteiger partial charge in [-0.2, -0.15) is 0 Å². The summed E-state index contributed by atoms with van der Waals surface area (Å²) < 4.78 is 5.27. The number of rotatable bonds is 5. The third kappa shape index (κ3) is 3.45. The van der Waals surface area contributed by atoms with E-state index in [1.165, 1.54) is 0 Å². The molecule has 120 valence electrons. The quantitative estimate of drug-likeness (QED) is 0.758. The van der Waals surface area contributed by atoms with E-state index < -0.39 is 11.3 Å². The topological polar surface area (TPSA) is 93.4 Å². The molecule has 1 aliphatic heterocycles. The highest BCUT2D eigenvalue weighted by molar-refractivity contribution is 5.99. The van der Waals surface area contributed by atoms with Gasteiger partial charge in [0.25, 0.3) is 0 Å². The first kappa shape index (κ1) is 16.5. The van der Waals surface area contributed by atoms with E-state index >= 15 is 0 Å². The van der Waals surface area contributed by atoms with Crippen molar-refractivity contribution in [1.29, 1.82) is 0 Å². The van der Waals surface area contributed by atoms with E-state index in [-0.39, 0.29) is 5.91 Å². The summed E-state index contributed by atoms with van der Waals surface area (Å²) in [6.07, 6.45) is 1.45. The number of anilines is 1. The number of carbonyl (C=O) groups excluding carboxylic acids is 2. The molecule has 4 N–H and O–H groups in total. The summed E-state index contributed by atoms with van der Waals surface area (Å²) in [5.41, 5.74) is 6.66. The van der Waals surface area contributed by atoms with E-state index in [4.69, 9.17) is 10.5 Å². The summed E-state index contributed by atoms with van der Waals surface area (Å²) in [4.78, 5) is 24.1. The summed E-state index contributed by atoms with van der Waals surface area (Å²) in [6.45, 7) is 3.84. The first-order valence-corrected chi connectivity index (χ1v) is 7.40. The Kier molecular flexibility index (Phi) is 5.15. The number of amides is 2. The van der Waals surface area contributed by atoms with Crippen molar-refractivity contribution in [3.8, 4) is 0 Å². The lowest BCUT2D eigenvalue weighted by Crippen LogP contribution is -2.47. The molecule has 0 aromatic heterocycles. The van der Waals surface area contributed by atoms with Crippen molar-refractivity contribution in [2.45, 2.75) is 19.8 Å². The van der Waals surface area contributed by atoms with Crippen LogP contribution in [0.25, 0.3) is 0 Å². The molecule has 2 rings (SSSR count). The molecule has 1 saturated heterocycles. The van der Waals surface area contributed by atoms with Crippen LogP contribution in [0.2, 0.25) is 0 Å². The fourth-order valence-corrected chi connectivity index (χ4v) is 2.78. The first-order valence-electron chi connectivity index (χ1n) is 7.40. The Morgan fingerprint density at radius 1 is 1.36 bits per heavy atom. The van der Waals surface area contributed by atoms with Gasteiger partial charge in [0.2, 0.25) is 11.8 Å². The number of hydrogen-bond acceptors (Lipinski definition) is 4. The second-order valence-corrected chi connectivity index (χ2v) is 5.81. The molecule has 1 fully saturated rings. The Labute approximate surface area is 130 Å². The average Bonchev–Trinajstić information content (AvgIpc) is 2.50. The SMILES string of the molecule is COCC1(C(=O)Nc2cc(C(N)=O)ccc2C)CCNCC1. The predicted octanol–water partition coefficient (Wildman–Crippen LogP) is 1.05. The van der Waals surface area contributed by atoms with Gasteiger partial charge < -0.3 is 21.1 Å². The fourth-order valence-electron chi connectivity index (χ4n) is 2.78. The molecule has 2 amide bonds. The largest absolute Gasteiger partial charge is 0.384 e. The van der Waals surface area contributed by atoms with Gasteiger partial charge in [-0.05, 0) is 50.6 Å². The summed E-state index contributed by atoms with van der Waals surface area (Å²) >= 11 is 0. The van der Waals surface area contributed by atoms with Crippen LogP contribution in [-0.4, -0.2) is 38.6 Å². The van der Waals surface area contributed by atoms with E-state index in [0.717, 1.165) is 31.5 Å². The molecule has 0 radical (unpaired) electrons. The monoisotopic (exact) mass is 305 g/mol. The van der Waals surface area contributed by atoms with Crippen molar-refractivity contribution in [2.24, 2.45) is 11.1 Å². The number of piperidine rings is 1. The zero-order chi connectivity index (χ0) is 16.2. The predicted molar refractivity (Wildman–Crippen MR) is 84.7 cm³/mol. The zero-order valence-electron chi connectivity index (χ0n) is 13.1. The Morgan fingerprint density at radius 3 is 2.64 bits per heavy atom. The molecule has 1 heterocycles. The van der Waals surface area contributed by atoms with Crippen LogP contribution in [-0.2, 0) is 9.53 Å². The lowest BCUT2D eigenvalue weighted by molar-refractivity contribution is -0.130. The second kappa shape index (κ2) is 6.89. The van der Waals surface area contributed by atoms with Crippen LogP contribution in [0.3, 0.4) is 0 Å². The number of aryl methyl sites for hydroxylation is 1. The summed E-state index contributed by atoms with van der Waals surface area (Å²) in [6, 6.07) is 5.06. The van der Waals surface area contributed by atoms with Crippen LogP contribution in [0.15, 0.2) is 18.2 Å². The van der Waals surface area contributed by atoms with Gasteiger partial charge in [0.05, 0.1) is 12.0 Å². The highest BCUT2D eigenvalue weighted by Gasteiger charge is 2.39. The van der Waals surface area contributed by atoms with E-state index in [9.17, 15) is 9.59 Å². The summed E-state index contributed by atoms with van der Waals surface area (Å²) in [7, 11) is 1.61. The Balaban J connectivity index is 2.22. The molecule has 6 nitrogen and oxygen atoms in total. The molecule has 1 aliphatic rings. The molecule has 22 heavy (non-hydrogen) atoms. The van der Waals surface area contributed by atoms with E-state index in [1.807, 2.05) is 6.92 Å². The van der Waals surface area contributed by atoms with Gasteiger partial charge in [0.1, 0.15) is 0 Å². The minimum Gasteiger partial charge on any atom is -0.384 e. The lowest BCUT2D eigenvalue weighted by atomic mass is 9.78. The maximum atomic E-state index is 12.8. The smallest absolute Gasteiger partial charge is 0.248 e. The molecule has 0 spiro atoms. The summed E-state index contributed by atoms with van der Waals surface area (Å²) in [5.74, 6) is -0.579. The summed E-state index contributed by atoms with van der Waals surface area (Å²) in [5, 5.41) is 6.20. The van der Waals surface area contributed by atoms with Crippen LogP contribution in [0.4, 0.5) is 5.69 Å². The first-order chi connectivity index (χ1) is 10.5. The number of nitrogens with two attached hydrogens (primary N) is 1. The van der Waals surface area contributed by atoms with Crippen molar-refractivity contribution >= 4 is 17.5 Å². The van der Waals surface area contributed by atoms with Gasteiger partial charge in [0, 0.05) is 18.4 Å². The number of hydrogen-bond donors (Lipinski definition) is 3. The van der Waals surface area contributed by atoms with Gasteiger partial charge in [-0.15, -0.1) is 0 Å². The molecule has 0 saturated carbocycles. The Morgan fingerprint density at radius 2 is 2.05 bits per heavy atom. The Hall–Kier alpha value is -1.92.